The number of rotatable bonds is 6. The number of benzene rings is 2. The Morgan fingerprint density at radius 2 is 1.92 bits per heavy atom. The minimum atomic E-state index is -0.459. The molecule has 3 aromatic rings. The van der Waals surface area contributed by atoms with Gasteiger partial charge in [0.05, 0.1) is 23.9 Å². The van der Waals surface area contributed by atoms with Crippen molar-refractivity contribution in [2.24, 2.45) is 0 Å². The molecular weight excluding hydrogens is 332 g/mol. The van der Waals surface area contributed by atoms with Gasteiger partial charge in [-0.2, -0.15) is 0 Å². The third-order valence-electron chi connectivity index (χ3n) is 4.11. The molecule has 3 rings (SSSR count). The van der Waals surface area contributed by atoms with E-state index in [0.29, 0.717) is 17.3 Å². The van der Waals surface area contributed by atoms with Gasteiger partial charge in [-0.3, -0.25) is 14.2 Å². The van der Waals surface area contributed by atoms with Crippen LogP contribution in [0.2, 0.25) is 0 Å². The summed E-state index contributed by atoms with van der Waals surface area (Å²) in [6.07, 6.45) is 0.596. The normalized spacial score (nSPS) is 10.8. The molecule has 0 amide bonds. The molecule has 1 aromatic heterocycles. The number of aromatic amines is 1. The number of hydrogen-bond acceptors (Lipinski definition) is 4. The highest BCUT2D eigenvalue weighted by atomic mass is 16.5. The highest BCUT2D eigenvalue weighted by Gasteiger charge is 2.08. The first kappa shape index (κ1) is 17.7. The van der Waals surface area contributed by atoms with Crippen molar-refractivity contribution < 1.29 is 9.53 Å². The fourth-order valence-corrected chi connectivity index (χ4v) is 2.85. The van der Waals surface area contributed by atoms with Gasteiger partial charge in [-0.1, -0.05) is 42.0 Å². The fourth-order valence-electron chi connectivity index (χ4n) is 2.85. The number of ether oxygens (including phenoxy) is 1. The lowest BCUT2D eigenvalue weighted by Gasteiger charge is -2.08. The molecule has 0 bridgehead atoms. The first-order chi connectivity index (χ1) is 12.5. The largest absolute Gasteiger partial charge is 0.465 e. The van der Waals surface area contributed by atoms with Gasteiger partial charge in [0.25, 0.3) is 5.56 Å². The summed E-state index contributed by atoms with van der Waals surface area (Å²) < 4.78 is 6.34. The monoisotopic (exact) mass is 352 g/mol. The molecule has 134 valence electrons. The van der Waals surface area contributed by atoms with Crippen molar-refractivity contribution in [3.8, 4) is 0 Å². The molecule has 0 saturated heterocycles. The maximum Gasteiger partial charge on any atom is 0.328 e. The van der Waals surface area contributed by atoms with Gasteiger partial charge in [0.1, 0.15) is 0 Å². The molecule has 0 aliphatic carbocycles. The van der Waals surface area contributed by atoms with Crippen LogP contribution >= 0.6 is 0 Å². The van der Waals surface area contributed by atoms with Crippen molar-refractivity contribution in [1.29, 1.82) is 0 Å². The van der Waals surface area contributed by atoms with Crippen LogP contribution in [0.3, 0.4) is 0 Å². The van der Waals surface area contributed by atoms with Crippen LogP contribution in [0.1, 0.15) is 17.5 Å². The molecule has 0 fully saturated rings. The minimum absolute atomic E-state index is 0.156. The zero-order valence-electron chi connectivity index (χ0n) is 14.5. The van der Waals surface area contributed by atoms with Crippen molar-refractivity contribution in [2.75, 3.05) is 6.61 Å². The van der Waals surface area contributed by atoms with Crippen molar-refractivity contribution in [3.05, 3.63) is 80.5 Å². The van der Waals surface area contributed by atoms with Gasteiger partial charge in [0, 0.05) is 6.54 Å². The van der Waals surface area contributed by atoms with Crippen LogP contribution in [-0.4, -0.2) is 22.1 Å². The molecule has 1 N–H and O–H groups in total. The zero-order valence-corrected chi connectivity index (χ0v) is 14.5. The highest BCUT2D eigenvalue weighted by molar-refractivity contribution is 5.76. The van der Waals surface area contributed by atoms with Crippen molar-refractivity contribution in [2.45, 2.75) is 26.3 Å². The van der Waals surface area contributed by atoms with E-state index in [0.717, 1.165) is 15.7 Å². The van der Waals surface area contributed by atoms with E-state index in [4.69, 9.17) is 4.74 Å². The van der Waals surface area contributed by atoms with Crippen molar-refractivity contribution >= 4 is 16.9 Å². The molecule has 0 aliphatic heterocycles. The second kappa shape index (κ2) is 7.82. The summed E-state index contributed by atoms with van der Waals surface area (Å²) in [6.45, 7) is 2.31. The molecule has 1 heterocycles. The van der Waals surface area contributed by atoms with E-state index in [1.807, 2.05) is 31.2 Å². The van der Waals surface area contributed by atoms with Gasteiger partial charge >= 0.3 is 11.7 Å². The molecule has 26 heavy (non-hydrogen) atoms. The SMILES string of the molecule is Cc1cccc(CC(=O)OCCCn2c(=O)[nH]c3ccccc3c2=O)c1. The number of esters is 1. The molecule has 0 aliphatic rings. The Kier molecular flexibility index (Phi) is 5.31. The van der Waals surface area contributed by atoms with Crippen LogP contribution in [0.4, 0.5) is 0 Å². The number of carbonyl (C=O) groups excluding carboxylic acids is 1. The van der Waals surface area contributed by atoms with Gasteiger partial charge in [0.15, 0.2) is 0 Å². The fraction of sp³-hybridized carbons (Fsp3) is 0.250. The smallest absolute Gasteiger partial charge is 0.328 e. The highest BCUT2D eigenvalue weighted by Crippen LogP contribution is 2.06. The second-order valence-electron chi connectivity index (χ2n) is 6.17. The second-order valence-corrected chi connectivity index (χ2v) is 6.17. The number of aromatic nitrogens is 2. The van der Waals surface area contributed by atoms with Crippen LogP contribution in [0.5, 0.6) is 0 Å². The Hall–Kier alpha value is -3.15. The van der Waals surface area contributed by atoms with Crippen molar-refractivity contribution in [1.82, 2.24) is 9.55 Å². The van der Waals surface area contributed by atoms with E-state index in [1.165, 1.54) is 0 Å². The first-order valence-corrected chi connectivity index (χ1v) is 8.47. The van der Waals surface area contributed by atoms with E-state index in [9.17, 15) is 14.4 Å². The Morgan fingerprint density at radius 3 is 2.73 bits per heavy atom. The Bertz CT molecular complexity index is 1050. The quantitative estimate of drug-likeness (QED) is 0.545. The van der Waals surface area contributed by atoms with Gasteiger partial charge in [-0.15, -0.1) is 0 Å². The lowest BCUT2D eigenvalue weighted by Crippen LogP contribution is -2.35. The maximum atomic E-state index is 12.4. The lowest BCUT2D eigenvalue weighted by atomic mass is 10.1. The van der Waals surface area contributed by atoms with Crippen LogP contribution in [0.15, 0.2) is 58.1 Å². The molecular formula is C20H20N2O4. The predicted octanol–water partition coefficient (Wildman–Crippen LogP) is 2.17. The first-order valence-electron chi connectivity index (χ1n) is 8.47. The zero-order chi connectivity index (χ0) is 18.5. The molecule has 0 saturated carbocycles. The third kappa shape index (κ3) is 4.08. The number of H-pyrrole nitrogens is 1. The predicted molar refractivity (Wildman–Crippen MR) is 99.3 cm³/mol. The summed E-state index contributed by atoms with van der Waals surface area (Å²) in [7, 11) is 0. The van der Waals surface area contributed by atoms with Gasteiger partial charge in [0.2, 0.25) is 0 Å². The minimum Gasteiger partial charge on any atom is -0.465 e. The number of fused-ring (bicyclic) bond motifs is 1. The number of carbonyl (C=O) groups is 1. The molecule has 0 unspecified atom stereocenters. The third-order valence-corrected chi connectivity index (χ3v) is 4.11. The van der Waals surface area contributed by atoms with Gasteiger partial charge in [-0.05, 0) is 31.0 Å². The Labute approximate surface area is 150 Å². The van der Waals surface area contributed by atoms with Crippen LogP contribution in [0, 0.1) is 6.92 Å². The number of nitrogens with zero attached hydrogens (tertiary/aromatic N) is 1. The van der Waals surface area contributed by atoms with Gasteiger partial charge < -0.3 is 9.72 Å². The van der Waals surface area contributed by atoms with Crippen LogP contribution in [0.25, 0.3) is 10.9 Å². The summed E-state index contributed by atoms with van der Waals surface area (Å²) in [4.78, 5) is 39.0. The van der Waals surface area contributed by atoms with Crippen molar-refractivity contribution in [3.63, 3.8) is 0 Å². The molecule has 6 nitrogen and oxygen atoms in total. The van der Waals surface area contributed by atoms with E-state index in [2.05, 4.69) is 4.98 Å². The van der Waals surface area contributed by atoms with E-state index in [1.54, 1.807) is 24.3 Å². The molecule has 0 atom stereocenters. The average molecular weight is 352 g/mol. The average Bonchev–Trinajstić information content (AvgIpc) is 2.61. The molecule has 6 heteroatoms. The number of hydrogen-bond donors (Lipinski definition) is 1. The molecule has 0 spiro atoms. The number of aryl methyl sites for hydroxylation is 1. The summed E-state index contributed by atoms with van der Waals surface area (Å²) in [5.74, 6) is -0.324. The lowest BCUT2D eigenvalue weighted by molar-refractivity contribution is -0.143. The Balaban J connectivity index is 1.57. The number of nitrogens with one attached hydrogen (secondary N) is 1. The Morgan fingerprint density at radius 1 is 1.12 bits per heavy atom. The van der Waals surface area contributed by atoms with E-state index < -0.39 is 5.69 Å². The standard InChI is InChI=1S/C20H20N2O4/c1-14-6-4-7-15(12-14)13-18(23)26-11-5-10-22-19(24)16-8-2-3-9-17(16)21-20(22)25/h2-4,6-9,12H,5,10-11,13H2,1H3,(H,21,25). The summed E-state index contributed by atoms with van der Waals surface area (Å²) in [5, 5.41) is 0.462. The summed E-state index contributed by atoms with van der Waals surface area (Å²) >= 11 is 0. The number of para-hydroxylation sites is 1. The van der Waals surface area contributed by atoms with E-state index >= 15 is 0 Å². The van der Waals surface area contributed by atoms with Gasteiger partial charge in [-0.25, -0.2) is 4.79 Å². The maximum absolute atomic E-state index is 12.4. The summed E-state index contributed by atoms with van der Waals surface area (Å²) in [5.41, 5.74) is 1.71. The van der Waals surface area contributed by atoms with Crippen LogP contribution < -0.4 is 11.2 Å². The summed E-state index contributed by atoms with van der Waals surface area (Å²) in [6, 6.07) is 14.6. The van der Waals surface area contributed by atoms with E-state index in [-0.39, 0.29) is 31.1 Å². The topological polar surface area (TPSA) is 81.2 Å². The molecule has 0 radical (unpaired) electrons. The molecule has 2 aromatic carbocycles. The van der Waals surface area contributed by atoms with Crippen LogP contribution in [-0.2, 0) is 22.5 Å².